The second-order valence-corrected chi connectivity index (χ2v) is 7.24. The van der Waals surface area contributed by atoms with Crippen LogP contribution in [0, 0.1) is 11.7 Å². The Labute approximate surface area is 150 Å². The van der Waals surface area contributed by atoms with Crippen molar-refractivity contribution in [3.05, 3.63) is 54.5 Å². The number of hydrogen-bond acceptors (Lipinski definition) is 3. The second kappa shape index (κ2) is 5.64. The van der Waals surface area contributed by atoms with Crippen LogP contribution < -0.4 is 10.6 Å². The first kappa shape index (κ1) is 15.5. The molecule has 26 heavy (non-hydrogen) atoms. The molecule has 1 aliphatic carbocycles. The summed E-state index contributed by atoms with van der Waals surface area (Å²) >= 11 is 0. The average molecular weight is 350 g/mol. The van der Waals surface area contributed by atoms with Crippen molar-refractivity contribution in [1.82, 2.24) is 9.78 Å². The predicted molar refractivity (Wildman–Crippen MR) is 97.6 cm³/mol. The van der Waals surface area contributed by atoms with Crippen LogP contribution in [0.5, 0.6) is 0 Å². The van der Waals surface area contributed by atoms with E-state index in [1.807, 2.05) is 23.1 Å². The number of nitrogens with two attached hydrogens (primary N) is 1. The van der Waals surface area contributed by atoms with E-state index in [1.165, 1.54) is 12.1 Å². The zero-order valence-electron chi connectivity index (χ0n) is 14.2. The normalized spacial score (nSPS) is 23.2. The van der Waals surface area contributed by atoms with Crippen LogP contribution in [0.3, 0.4) is 0 Å². The molecule has 0 bridgehead atoms. The molecule has 0 spiro atoms. The molecule has 2 fully saturated rings. The lowest BCUT2D eigenvalue weighted by Gasteiger charge is -2.27. The fourth-order valence-corrected chi connectivity index (χ4v) is 4.05. The molecule has 6 heteroatoms. The van der Waals surface area contributed by atoms with E-state index >= 15 is 0 Å². The predicted octanol–water partition coefficient (Wildman–Crippen LogP) is 3.01. The fourth-order valence-electron chi connectivity index (χ4n) is 4.05. The van der Waals surface area contributed by atoms with Gasteiger partial charge in [-0.2, -0.15) is 5.10 Å². The van der Waals surface area contributed by atoms with E-state index < -0.39 is 0 Å². The van der Waals surface area contributed by atoms with Crippen LogP contribution in [0.2, 0.25) is 0 Å². The second-order valence-electron chi connectivity index (χ2n) is 7.24. The standard InChI is InChI=1S/C20H19FN4O/c21-14-3-5-15(6-4-14)25-18-8-7-16(9-13(18)11-23-25)24-19(26)10-17(22)20(24)12-1-2-12/h3-9,11-12,17,20H,1-2,10,22H2/t17-,20?/m0/s1. The van der Waals surface area contributed by atoms with Gasteiger partial charge in [0.15, 0.2) is 0 Å². The minimum Gasteiger partial charge on any atom is -0.325 e. The molecular formula is C20H19FN4O. The van der Waals surface area contributed by atoms with Gasteiger partial charge in [-0.3, -0.25) is 4.79 Å². The number of benzene rings is 2. The van der Waals surface area contributed by atoms with E-state index in [1.54, 1.807) is 23.0 Å². The number of rotatable bonds is 3. The van der Waals surface area contributed by atoms with Gasteiger partial charge in [-0.25, -0.2) is 9.07 Å². The number of nitrogens with zero attached hydrogens (tertiary/aromatic N) is 3. The number of carbonyl (C=O) groups excluding carboxylic acids is 1. The van der Waals surface area contributed by atoms with Crippen LogP contribution in [0.15, 0.2) is 48.7 Å². The Morgan fingerprint density at radius 3 is 2.54 bits per heavy atom. The van der Waals surface area contributed by atoms with E-state index in [0.717, 1.165) is 35.1 Å². The van der Waals surface area contributed by atoms with Gasteiger partial charge in [-0.05, 0) is 61.2 Å². The maximum atomic E-state index is 13.2. The van der Waals surface area contributed by atoms with Crippen LogP contribution in [0.4, 0.5) is 10.1 Å². The van der Waals surface area contributed by atoms with Crippen LogP contribution in [-0.4, -0.2) is 27.8 Å². The molecule has 2 heterocycles. The Hall–Kier alpha value is -2.73. The Kier molecular flexibility index (Phi) is 3.37. The lowest BCUT2D eigenvalue weighted by molar-refractivity contribution is -0.117. The van der Waals surface area contributed by atoms with E-state index in [9.17, 15) is 9.18 Å². The van der Waals surface area contributed by atoms with Gasteiger partial charge in [0.05, 0.1) is 23.4 Å². The summed E-state index contributed by atoms with van der Waals surface area (Å²) in [7, 11) is 0. The Morgan fingerprint density at radius 1 is 1.08 bits per heavy atom. The Bertz CT molecular complexity index is 993. The van der Waals surface area contributed by atoms with Crippen molar-refractivity contribution in [2.75, 3.05) is 4.90 Å². The smallest absolute Gasteiger partial charge is 0.228 e. The quantitative estimate of drug-likeness (QED) is 0.790. The summed E-state index contributed by atoms with van der Waals surface area (Å²) in [6, 6.07) is 12.2. The molecule has 0 radical (unpaired) electrons. The number of amides is 1. The number of hydrogen-bond donors (Lipinski definition) is 1. The molecule has 1 aliphatic heterocycles. The van der Waals surface area contributed by atoms with Crippen LogP contribution in [-0.2, 0) is 4.79 Å². The number of aromatic nitrogens is 2. The largest absolute Gasteiger partial charge is 0.325 e. The molecule has 2 atom stereocenters. The minimum absolute atomic E-state index is 0.0902. The van der Waals surface area contributed by atoms with Crippen molar-refractivity contribution in [1.29, 1.82) is 0 Å². The van der Waals surface area contributed by atoms with Gasteiger partial charge in [-0.1, -0.05) is 0 Å². The maximum Gasteiger partial charge on any atom is 0.228 e. The van der Waals surface area contributed by atoms with Crippen molar-refractivity contribution in [2.24, 2.45) is 11.7 Å². The van der Waals surface area contributed by atoms with E-state index in [4.69, 9.17) is 5.73 Å². The lowest BCUT2D eigenvalue weighted by Crippen LogP contribution is -2.42. The molecule has 132 valence electrons. The summed E-state index contributed by atoms with van der Waals surface area (Å²) in [6.45, 7) is 0. The van der Waals surface area contributed by atoms with Gasteiger partial charge in [-0.15, -0.1) is 0 Å². The maximum absolute atomic E-state index is 13.2. The highest BCUT2D eigenvalue weighted by Crippen LogP contribution is 2.42. The molecule has 2 aromatic carbocycles. The third-order valence-electron chi connectivity index (χ3n) is 5.42. The van der Waals surface area contributed by atoms with E-state index in [2.05, 4.69) is 5.10 Å². The summed E-state index contributed by atoms with van der Waals surface area (Å²) in [4.78, 5) is 14.4. The highest BCUT2D eigenvalue weighted by atomic mass is 19.1. The summed E-state index contributed by atoms with van der Waals surface area (Å²) in [6.07, 6.45) is 4.47. The molecule has 1 aromatic heterocycles. The lowest BCUT2D eigenvalue weighted by atomic mass is 10.0. The molecular weight excluding hydrogens is 331 g/mol. The first-order valence-electron chi connectivity index (χ1n) is 8.93. The zero-order valence-corrected chi connectivity index (χ0v) is 14.2. The highest BCUT2D eigenvalue weighted by Gasteiger charge is 2.46. The third kappa shape index (κ3) is 2.41. The molecule has 1 unspecified atom stereocenters. The van der Waals surface area contributed by atoms with Crippen LogP contribution >= 0.6 is 0 Å². The molecule has 5 nitrogen and oxygen atoms in total. The van der Waals surface area contributed by atoms with Crippen molar-refractivity contribution >= 4 is 22.5 Å². The van der Waals surface area contributed by atoms with Gasteiger partial charge < -0.3 is 10.6 Å². The first-order valence-corrected chi connectivity index (χ1v) is 8.93. The average Bonchev–Trinajstić information content (AvgIpc) is 3.30. The monoisotopic (exact) mass is 350 g/mol. The van der Waals surface area contributed by atoms with Crippen LogP contribution in [0.25, 0.3) is 16.6 Å². The van der Waals surface area contributed by atoms with E-state index in [0.29, 0.717) is 12.3 Å². The summed E-state index contributed by atoms with van der Waals surface area (Å²) in [5.74, 6) is 0.344. The van der Waals surface area contributed by atoms with Crippen molar-refractivity contribution in [3.63, 3.8) is 0 Å². The number of halogens is 1. The van der Waals surface area contributed by atoms with Crippen molar-refractivity contribution in [3.8, 4) is 5.69 Å². The molecule has 2 aliphatic rings. The fraction of sp³-hybridized carbons (Fsp3) is 0.300. The van der Waals surface area contributed by atoms with Gasteiger partial charge in [0.1, 0.15) is 5.82 Å². The molecule has 2 N–H and O–H groups in total. The Morgan fingerprint density at radius 2 is 1.81 bits per heavy atom. The number of carbonyl (C=O) groups is 1. The topological polar surface area (TPSA) is 64.2 Å². The van der Waals surface area contributed by atoms with Gasteiger partial charge in [0, 0.05) is 23.5 Å². The van der Waals surface area contributed by atoms with Crippen LogP contribution in [0.1, 0.15) is 19.3 Å². The van der Waals surface area contributed by atoms with E-state index in [-0.39, 0.29) is 23.8 Å². The van der Waals surface area contributed by atoms with Crippen molar-refractivity contribution < 1.29 is 9.18 Å². The zero-order chi connectivity index (χ0) is 17.8. The molecule has 1 saturated carbocycles. The first-order chi connectivity index (χ1) is 12.6. The summed E-state index contributed by atoms with van der Waals surface area (Å²) < 4.78 is 14.9. The Balaban J connectivity index is 1.55. The third-order valence-corrected chi connectivity index (χ3v) is 5.42. The molecule has 1 saturated heterocycles. The van der Waals surface area contributed by atoms with Gasteiger partial charge in [0.25, 0.3) is 0 Å². The van der Waals surface area contributed by atoms with Crippen molar-refractivity contribution in [2.45, 2.75) is 31.3 Å². The minimum atomic E-state index is -0.275. The molecule has 3 aromatic rings. The van der Waals surface area contributed by atoms with Gasteiger partial charge in [0.2, 0.25) is 5.91 Å². The molecule has 1 amide bonds. The molecule has 5 rings (SSSR count). The number of fused-ring (bicyclic) bond motifs is 1. The number of anilines is 1. The summed E-state index contributed by atoms with van der Waals surface area (Å²) in [5.41, 5.74) is 8.83. The highest BCUT2D eigenvalue weighted by molar-refractivity contribution is 5.99. The summed E-state index contributed by atoms with van der Waals surface area (Å²) in [5, 5.41) is 5.37. The van der Waals surface area contributed by atoms with Gasteiger partial charge >= 0.3 is 0 Å². The SMILES string of the molecule is N[C@H]1CC(=O)N(c2ccc3c(cnn3-c3ccc(F)cc3)c2)C1C1CC1.